The molecule has 1 aliphatic rings. The van der Waals surface area contributed by atoms with E-state index >= 15 is 0 Å². The summed E-state index contributed by atoms with van der Waals surface area (Å²) in [4.78, 5) is 0. The van der Waals surface area contributed by atoms with Crippen LogP contribution in [0.2, 0.25) is 0 Å². The van der Waals surface area contributed by atoms with Crippen molar-refractivity contribution >= 4 is 0 Å². The highest BCUT2D eigenvalue weighted by atomic mass is 15.0. The summed E-state index contributed by atoms with van der Waals surface area (Å²) < 4.78 is 0. The second-order valence-electron chi connectivity index (χ2n) is 5.52. The van der Waals surface area contributed by atoms with Crippen molar-refractivity contribution in [3.05, 3.63) is 11.6 Å². The lowest BCUT2D eigenvalue weighted by Crippen LogP contribution is -2.55. The molecule has 0 radical (unpaired) electrons. The van der Waals surface area contributed by atoms with Gasteiger partial charge in [-0.1, -0.05) is 18.6 Å². The van der Waals surface area contributed by atoms with Crippen molar-refractivity contribution in [3.63, 3.8) is 0 Å². The molecule has 0 aromatic heterocycles. The molecule has 1 nitrogen and oxygen atoms in total. The van der Waals surface area contributed by atoms with Crippen LogP contribution in [-0.4, -0.2) is 11.1 Å². The molecule has 0 saturated carbocycles. The molecule has 1 rings (SSSR count). The Bertz CT molecular complexity index is 193. The van der Waals surface area contributed by atoms with Crippen molar-refractivity contribution in [1.29, 1.82) is 0 Å². The molecule has 0 aromatic carbocycles. The van der Waals surface area contributed by atoms with Crippen LogP contribution in [0.25, 0.3) is 0 Å². The molecule has 1 saturated heterocycles. The van der Waals surface area contributed by atoms with E-state index < -0.39 is 0 Å². The predicted octanol–water partition coefficient (Wildman–Crippen LogP) is 3.26. The van der Waals surface area contributed by atoms with Crippen molar-refractivity contribution in [2.24, 2.45) is 0 Å². The predicted molar refractivity (Wildman–Crippen MR) is 58.9 cm³/mol. The van der Waals surface area contributed by atoms with E-state index in [1.807, 2.05) is 0 Å². The maximum Gasteiger partial charge on any atom is 0.0167 e. The van der Waals surface area contributed by atoms with Gasteiger partial charge >= 0.3 is 0 Å². The van der Waals surface area contributed by atoms with Crippen molar-refractivity contribution in [1.82, 2.24) is 5.32 Å². The Balaban J connectivity index is 2.78. The third kappa shape index (κ3) is 3.15. The maximum atomic E-state index is 3.68. The molecule has 1 N–H and O–H groups in total. The van der Waals surface area contributed by atoms with E-state index in [4.69, 9.17) is 0 Å². The van der Waals surface area contributed by atoms with Crippen LogP contribution in [0.4, 0.5) is 0 Å². The molecule has 0 spiro atoms. The van der Waals surface area contributed by atoms with E-state index in [1.165, 1.54) is 19.3 Å². The Hall–Kier alpha value is -0.300. The van der Waals surface area contributed by atoms with Gasteiger partial charge < -0.3 is 5.32 Å². The van der Waals surface area contributed by atoms with Gasteiger partial charge in [0.1, 0.15) is 0 Å². The smallest absolute Gasteiger partial charge is 0.0167 e. The number of allylic oxidation sites excluding steroid dienone is 1. The fraction of sp³-hybridized carbons (Fsp3) is 0.833. The van der Waals surface area contributed by atoms with Gasteiger partial charge in [-0.3, -0.25) is 0 Å². The maximum absolute atomic E-state index is 3.68. The van der Waals surface area contributed by atoms with Gasteiger partial charge in [-0.2, -0.15) is 0 Å². The summed E-state index contributed by atoms with van der Waals surface area (Å²) in [6, 6.07) is 0. The third-order valence-corrected chi connectivity index (χ3v) is 2.51. The van der Waals surface area contributed by atoms with Crippen LogP contribution in [0, 0.1) is 0 Å². The zero-order chi connectivity index (χ0) is 10.1. The second kappa shape index (κ2) is 3.45. The Kier molecular flexibility index (Phi) is 2.86. The molecule has 0 atom stereocenters. The number of hydrogen-bond donors (Lipinski definition) is 1. The van der Waals surface area contributed by atoms with Gasteiger partial charge in [0.05, 0.1) is 0 Å². The first-order valence-electron chi connectivity index (χ1n) is 5.32. The average Bonchev–Trinajstić information content (AvgIpc) is 1.78. The van der Waals surface area contributed by atoms with Gasteiger partial charge in [-0.15, -0.1) is 0 Å². The van der Waals surface area contributed by atoms with E-state index in [9.17, 15) is 0 Å². The van der Waals surface area contributed by atoms with Gasteiger partial charge in [-0.05, 0) is 47.0 Å². The van der Waals surface area contributed by atoms with Gasteiger partial charge in [0.15, 0.2) is 0 Å². The standard InChI is InChI=1S/C12H23N/c1-6-7-10-8-11(2,3)13-12(4,5)9-10/h7,13H,6,8-9H2,1-5H3. The first-order valence-corrected chi connectivity index (χ1v) is 5.32. The minimum atomic E-state index is 0.267. The van der Waals surface area contributed by atoms with Gasteiger partial charge in [0.2, 0.25) is 0 Å². The van der Waals surface area contributed by atoms with Crippen LogP contribution in [-0.2, 0) is 0 Å². The highest BCUT2D eigenvalue weighted by Gasteiger charge is 2.34. The fourth-order valence-corrected chi connectivity index (χ4v) is 2.64. The number of hydrogen-bond acceptors (Lipinski definition) is 1. The molecule has 0 unspecified atom stereocenters. The molecule has 0 amide bonds. The van der Waals surface area contributed by atoms with Crippen LogP contribution in [0.15, 0.2) is 11.6 Å². The highest BCUT2D eigenvalue weighted by molar-refractivity contribution is 5.16. The molecule has 0 aromatic rings. The second-order valence-corrected chi connectivity index (χ2v) is 5.52. The third-order valence-electron chi connectivity index (χ3n) is 2.51. The largest absolute Gasteiger partial charge is 0.306 e. The summed E-state index contributed by atoms with van der Waals surface area (Å²) in [7, 11) is 0. The van der Waals surface area contributed by atoms with Gasteiger partial charge in [0.25, 0.3) is 0 Å². The molecular weight excluding hydrogens is 158 g/mol. The lowest BCUT2D eigenvalue weighted by molar-refractivity contribution is 0.222. The molecule has 1 heteroatoms. The molecule has 0 aliphatic carbocycles. The minimum Gasteiger partial charge on any atom is -0.306 e. The van der Waals surface area contributed by atoms with Crippen LogP contribution < -0.4 is 5.32 Å². The SMILES string of the molecule is CCC=C1CC(C)(C)NC(C)(C)C1. The Morgan fingerprint density at radius 3 is 2.00 bits per heavy atom. The van der Waals surface area contributed by atoms with Gasteiger partial charge in [-0.25, -0.2) is 0 Å². The normalized spacial score (nSPS) is 25.8. The summed E-state index contributed by atoms with van der Waals surface area (Å²) in [5.41, 5.74) is 2.15. The molecule has 0 bridgehead atoms. The molecular formula is C12H23N. The fourth-order valence-electron chi connectivity index (χ4n) is 2.64. The lowest BCUT2D eigenvalue weighted by atomic mass is 9.79. The Morgan fingerprint density at radius 2 is 1.62 bits per heavy atom. The molecule has 76 valence electrons. The van der Waals surface area contributed by atoms with Crippen molar-refractivity contribution < 1.29 is 0 Å². The summed E-state index contributed by atoms with van der Waals surface area (Å²) >= 11 is 0. The quantitative estimate of drug-likeness (QED) is 0.612. The van der Waals surface area contributed by atoms with E-state index in [1.54, 1.807) is 5.57 Å². The van der Waals surface area contributed by atoms with E-state index in [0.29, 0.717) is 0 Å². The van der Waals surface area contributed by atoms with Crippen molar-refractivity contribution in [3.8, 4) is 0 Å². The number of nitrogens with one attached hydrogen (secondary N) is 1. The monoisotopic (exact) mass is 181 g/mol. The zero-order valence-corrected chi connectivity index (χ0v) is 9.70. The molecule has 1 aliphatic heterocycles. The van der Waals surface area contributed by atoms with E-state index in [-0.39, 0.29) is 11.1 Å². The molecule has 1 heterocycles. The summed E-state index contributed by atoms with van der Waals surface area (Å²) in [5, 5.41) is 3.68. The highest BCUT2D eigenvalue weighted by Crippen LogP contribution is 2.32. The Labute approximate surface area is 82.6 Å². The van der Waals surface area contributed by atoms with Gasteiger partial charge in [0, 0.05) is 11.1 Å². The molecule has 13 heavy (non-hydrogen) atoms. The van der Waals surface area contributed by atoms with Crippen molar-refractivity contribution in [2.75, 3.05) is 0 Å². The minimum absolute atomic E-state index is 0.267. The van der Waals surface area contributed by atoms with Crippen LogP contribution >= 0.6 is 0 Å². The topological polar surface area (TPSA) is 12.0 Å². The summed E-state index contributed by atoms with van der Waals surface area (Å²) in [5.74, 6) is 0. The van der Waals surface area contributed by atoms with Crippen molar-refractivity contribution in [2.45, 2.75) is 65.0 Å². The summed E-state index contributed by atoms with van der Waals surface area (Å²) in [6.45, 7) is 11.4. The molecule has 1 fully saturated rings. The zero-order valence-electron chi connectivity index (χ0n) is 9.70. The average molecular weight is 181 g/mol. The van der Waals surface area contributed by atoms with Crippen LogP contribution in [0.1, 0.15) is 53.9 Å². The number of piperidine rings is 1. The van der Waals surface area contributed by atoms with E-state index in [2.05, 4.69) is 46.0 Å². The lowest BCUT2D eigenvalue weighted by Gasteiger charge is -2.44. The van der Waals surface area contributed by atoms with Crippen LogP contribution in [0.5, 0.6) is 0 Å². The summed E-state index contributed by atoms with van der Waals surface area (Å²) in [6.07, 6.45) is 5.96. The number of rotatable bonds is 1. The first kappa shape index (κ1) is 10.8. The van der Waals surface area contributed by atoms with Crippen LogP contribution in [0.3, 0.4) is 0 Å². The van der Waals surface area contributed by atoms with E-state index in [0.717, 1.165) is 0 Å². The first-order chi connectivity index (χ1) is 5.85. The Morgan fingerprint density at radius 1 is 1.15 bits per heavy atom.